The summed E-state index contributed by atoms with van der Waals surface area (Å²) in [7, 11) is 0. The van der Waals surface area contributed by atoms with Crippen LogP contribution >= 0.6 is 19.8 Å². The summed E-state index contributed by atoms with van der Waals surface area (Å²) in [5.74, 6) is 0.0897. The van der Waals surface area contributed by atoms with Crippen LogP contribution in [0.25, 0.3) is 0 Å². The average Bonchev–Trinajstić information content (AvgIpc) is 2.10. The number of rotatable bonds is 1. The number of benzene rings is 1. The molecule has 0 aliphatic heterocycles. The molecule has 11 heavy (non-hydrogen) atoms. The molecule has 0 amide bonds. The van der Waals surface area contributed by atoms with Crippen LogP contribution in [0.3, 0.4) is 0 Å². The fraction of sp³-hybridized carbons (Fsp3) is 0.125. The van der Waals surface area contributed by atoms with E-state index in [0.29, 0.717) is 0 Å². The van der Waals surface area contributed by atoms with Gasteiger partial charge in [-0.15, -0.1) is 0 Å². The number of ketones is 1. The van der Waals surface area contributed by atoms with Crippen LogP contribution in [-0.4, -0.2) is 5.78 Å². The Bertz CT molecular complexity index is 211. The Kier molecular flexibility index (Phi) is 7.08. The Labute approximate surface area is 87.4 Å². The van der Waals surface area contributed by atoms with Crippen LogP contribution in [0.5, 0.6) is 0 Å². The van der Waals surface area contributed by atoms with Gasteiger partial charge < -0.3 is 4.79 Å². The van der Waals surface area contributed by atoms with E-state index in [0.717, 1.165) is 5.56 Å². The fourth-order valence-corrected chi connectivity index (χ4v) is 0.612. The SMILES string of the molecule is CC(=O)c1c[c-]ccc1.[Zn+][I]. The number of hydrogen-bond donors (Lipinski definition) is 0. The topological polar surface area (TPSA) is 17.1 Å². The van der Waals surface area contributed by atoms with Crippen molar-refractivity contribution in [1.82, 2.24) is 0 Å². The molecule has 54 valence electrons. The molecule has 0 atom stereocenters. The van der Waals surface area contributed by atoms with Crippen LogP contribution in [-0.2, 0) is 14.8 Å². The maximum atomic E-state index is 10.6. The van der Waals surface area contributed by atoms with Gasteiger partial charge in [0.15, 0.2) is 0 Å². The van der Waals surface area contributed by atoms with Crippen LogP contribution in [0.1, 0.15) is 17.3 Å². The number of hydrogen-bond acceptors (Lipinski definition) is 1. The second-order valence-electron chi connectivity index (χ2n) is 1.85. The van der Waals surface area contributed by atoms with Crippen molar-refractivity contribution in [2.24, 2.45) is 0 Å². The molecule has 0 radical (unpaired) electrons. The van der Waals surface area contributed by atoms with Crippen LogP contribution in [0.15, 0.2) is 24.3 Å². The molecule has 0 saturated heterocycles. The van der Waals surface area contributed by atoms with Gasteiger partial charge in [-0.2, -0.15) is 30.3 Å². The molecule has 1 rings (SSSR count). The Balaban J connectivity index is 0.000000461. The average molecular weight is 311 g/mol. The van der Waals surface area contributed by atoms with E-state index in [2.05, 4.69) is 25.8 Å². The zero-order valence-corrected chi connectivity index (χ0v) is 11.4. The van der Waals surface area contributed by atoms with Crippen molar-refractivity contribution in [1.29, 1.82) is 0 Å². The predicted octanol–water partition coefficient (Wildman–Crippen LogP) is 2.57. The first kappa shape index (κ1) is 11.2. The predicted molar refractivity (Wildman–Crippen MR) is 49.3 cm³/mol. The van der Waals surface area contributed by atoms with E-state index >= 15 is 0 Å². The molecule has 0 spiro atoms. The summed E-state index contributed by atoms with van der Waals surface area (Å²) >= 11 is 3.62. The summed E-state index contributed by atoms with van der Waals surface area (Å²) in [4.78, 5) is 10.6. The molecule has 1 nitrogen and oxygen atoms in total. The van der Waals surface area contributed by atoms with Crippen molar-refractivity contribution < 1.29 is 19.6 Å². The molecular weight excluding hydrogens is 304 g/mol. The zero-order valence-electron chi connectivity index (χ0n) is 6.30. The molecule has 0 heterocycles. The Morgan fingerprint density at radius 2 is 2.27 bits per heavy atom. The molecule has 3 heteroatoms. The van der Waals surface area contributed by atoms with Gasteiger partial charge in [0.25, 0.3) is 0 Å². The van der Waals surface area contributed by atoms with E-state index < -0.39 is 0 Å². The van der Waals surface area contributed by atoms with Crippen molar-refractivity contribution >= 4 is 25.5 Å². The summed E-state index contributed by atoms with van der Waals surface area (Å²) in [5.41, 5.74) is 0.720. The number of Topliss-reactive ketones (excluding diaryl/α,β-unsaturated/α-hetero) is 1. The summed E-state index contributed by atoms with van der Waals surface area (Å²) in [6.45, 7) is 1.54. The fourth-order valence-electron chi connectivity index (χ4n) is 0.612. The van der Waals surface area contributed by atoms with Crippen molar-refractivity contribution in [3.05, 3.63) is 35.9 Å². The van der Waals surface area contributed by atoms with E-state index in [1.807, 2.05) is 0 Å². The van der Waals surface area contributed by atoms with E-state index in [1.165, 1.54) is 14.8 Å². The van der Waals surface area contributed by atoms with Crippen molar-refractivity contribution in [3.63, 3.8) is 0 Å². The van der Waals surface area contributed by atoms with Gasteiger partial charge in [0.1, 0.15) is 5.78 Å². The standard InChI is InChI=1S/C8H7O.HI.Zn/c1-7(9)8-5-3-2-4-6-8;;/h2-3,5-6H,1H3;1H;/q-1;;+2/p-1. The van der Waals surface area contributed by atoms with Crippen LogP contribution in [0.4, 0.5) is 0 Å². The third kappa shape index (κ3) is 4.64. The second kappa shape index (κ2) is 6.92. The molecule has 0 fully saturated rings. The van der Waals surface area contributed by atoms with Gasteiger partial charge in [0.05, 0.1) is 0 Å². The third-order valence-corrected chi connectivity index (χ3v) is 1.11. The molecule has 0 aliphatic carbocycles. The van der Waals surface area contributed by atoms with Crippen LogP contribution in [0.2, 0.25) is 0 Å². The van der Waals surface area contributed by atoms with Gasteiger partial charge >= 0.3 is 34.5 Å². The number of halogens is 1. The Hall–Kier alpha value is 0.243. The van der Waals surface area contributed by atoms with Crippen molar-refractivity contribution in [3.8, 4) is 0 Å². The quantitative estimate of drug-likeness (QED) is 0.337. The molecular formula is C8H7IOZn. The molecule has 0 aromatic heterocycles. The first-order valence-electron chi connectivity index (χ1n) is 3.04. The van der Waals surface area contributed by atoms with Crippen LogP contribution in [0, 0.1) is 6.07 Å². The van der Waals surface area contributed by atoms with E-state index in [9.17, 15) is 4.79 Å². The summed E-state index contributed by atoms with van der Waals surface area (Å²) in [6, 6.07) is 9.85. The minimum absolute atomic E-state index is 0.0897. The van der Waals surface area contributed by atoms with E-state index in [4.69, 9.17) is 0 Å². The van der Waals surface area contributed by atoms with Gasteiger partial charge in [-0.3, -0.25) is 0 Å². The Morgan fingerprint density at radius 1 is 1.64 bits per heavy atom. The summed E-state index contributed by atoms with van der Waals surface area (Å²) < 4.78 is 0. The first-order chi connectivity index (χ1) is 5.30. The van der Waals surface area contributed by atoms with Crippen LogP contribution < -0.4 is 0 Å². The maximum absolute atomic E-state index is 10.6. The van der Waals surface area contributed by atoms with Gasteiger partial charge in [-0.05, 0) is 6.92 Å². The summed E-state index contributed by atoms with van der Waals surface area (Å²) in [5, 5.41) is 0. The van der Waals surface area contributed by atoms with E-state index in [1.54, 1.807) is 31.2 Å². The van der Waals surface area contributed by atoms with Gasteiger partial charge in [-0.1, -0.05) is 5.56 Å². The monoisotopic (exact) mass is 310 g/mol. The van der Waals surface area contributed by atoms with Gasteiger partial charge in [0.2, 0.25) is 0 Å². The number of carbonyl (C=O) groups is 1. The first-order valence-corrected chi connectivity index (χ1v) is 12.1. The van der Waals surface area contributed by atoms with E-state index in [-0.39, 0.29) is 5.78 Å². The molecule has 0 bridgehead atoms. The molecule has 0 aliphatic rings. The molecule has 1 aromatic rings. The van der Waals surface area contributed by atoms with Crippen molar-refractivity contribution in [2.75, 3.05) is 0 Å². The normalized spacial score (nSPS) is 8.00. The third-order valence-electron chi connectivity index (χ3n) is 1.11. The van der Waals surface area contributed by atoms with Crippen molar-refractivity contribution in [2.45, 2.75) is 6.92 Å². The number of carbonyl (C=O) groups excluding carboxylic acids is 1. The molecule has 0 saturated carbocycles. The van der Waals surface area contributed by atoms with Gasteiger partial charge in [0, 0.05) is 0 Å². The molecule has 0 unspecified atom stereocenters. The second-order valence-corrected chi connectivity index (χ2v) is 1.85. The zero-order chi connectivity index (χ0) is 8.69. The molecule has 0 N–H and O–H groups in total. The molecule has 1 aromatic carbocycles. The Morgan fingerprint density at radius 3 is 2.55 bits per heavy atom. The summed E-state index contributed by atoms with van der Waals surface area (Å²) in [6.07, 6.45) is 0. The van der Waals surface area contributed by atoms with Gasteiger partial charge in [-0.25, -0.2) is 0 Å². The minimum atomic E-state index is 0.0897.